The van der Waals surface area contributed by atoms with Crippen LogP contribution in [0.25, 0.3) is 0 Å². The Bertz CT molecular complexity index is 200. The third-order valence-electron chi connectivity index (χ3n) is 1.40. The van der Waals surface area contributed by atoms with Gasteiger partial charge in [-0.05, 0) is 12.2 Å². The van der Waals surface area contributed by atoms with Gasteiger partial charge in [-0.25, -0.2) is 0 Å². The van der Waals surface area contributed by atoms with Crippen molar-refractivity contribution in [2.45, 2.75) is 5.91 Å². The number of rotatable bonds is 2. The molecule has 62 valence electrons. The summed E-state index contributed by atoms with van der Waals surface area (Å²) in [5.74, 6) is -0.961. The Hall–Kier alpha value is -1.00. The van der Waals surface area contributed by atoms with Crippen molar-refractivity contribution in [1.29, 1.82) is 0 Å². The molecular formula is C7H11NO3. The van der Waals surface area contributed by atoms with E-state index in [0.717, 1.165) is 0 Å². The molecule has 2 N–H and O–H groups in total. The van der Waals surface area contributed by atoms with Gasteiger partial charge in [0.25, 0.3) is 5.91 Å². The zero-order valence-electron chi connectivity index (χ0n) is 6.50. The maximum Gasteiger partial charge on any atom is 0.270 e. The van der Waals surface area contributed by atoms with Gasteiger partial charge in [0.2, 0.25) is 0 Å². The van der Waals surface area contributed by atoms with Gasteiger partial charge < -0.3 is 19.9 Å². The topological polar surface area (TPSA) is 50.7 Å². The molecule has 1 atom stereocenters. The molecule has 1 rings (SSSR count). The smallest absolute Gasteiger partial charge is 0.270 e. The lowest BCUT2D eigenvalue weighted by atomic mass is 10.3. The Morgan fingerprint density at radius 2 is 2.27 bits per heavy atom. The van der Waals surface area contributed by atoms with Gasteiger partial charge in [0.15, 0.2) is 5.88 Å². The Balaban J connectivity index is 2.68. The highest BCUT2D eigenvalue weighted by Crippen LogP contribution is 2.11. The van der Waals surface area contributed by atoms with E-state index < -0.39 is 5.91 Å². The minimum absolute atomic E-state index is 0.469. The monoisotopic (exact) mass is 157 g/mol. The molecule has 1 unspecified atom stereocenters. The summed E-state index contributed by atoms with van der Waals surface area (Å²) in [7, 11) is 2.91. The second-order valence-corrected chi connectivity index (χ2v) is 2.12. The van der Waals surface area contributed by atoms with Gasteiger partial charge in [-0.15, -0.1) is 0 Å². The fourth-order valence-corrected chi connectivity index (χ4v) is 0.764. The molecule has 0 amide bonds. The first-order chi connectivity index (χ1) is 5.20. The van der Waals surface area contributed by atoms with Gasteiger partial charge in [0.05, 0.1) is 7.11 Å². The van der Waals surface area contributed by atoms with E-state index in [-0.39, 0.29) is 0 Å². The molecule has 0 fully saturated rings. The summed E-state index contributed by atoms with van der Waals surface area (Å²) in [6, 6.07) is 0. The first-order valence-corrected chi connectivity index (χ1v) is 3.19. The van der Waals surface area contributed by atoms with E-state index in [4.69, 9.17) is 9.47 Å². The predicted octanol–water partition coefficient (Wildman–Crippen LogP) is -0.0739. The second-order valence-electron chi connectivity index (χ2n) is 2.12. The van der Waals surface area contributed by atoms with Gasteiger partial charge in [-0.3, -0.25) is 0 Å². The molecule has 0 aromatic rings. The first kappa shape index (κ1) is 8.10. The van der Waals surface area contributed by atoms with Crippen LogP contribution in [-0.4, -0.2) is 25.2 Å². The summed E-state index contributed by atoms with van der Waals surface area (Å²) in [5.41, 5.74) is 0. The van der Waals surface area contributed by atoms with Crippen LogP contribution in [0.3, 0.4) is 0 Å². The largest absolute Gasteiger partial charge is 0.482 e. The molecule has 0 radical (unpaired) electrons. The van der Waals surface area contributed by atoms with Crippen LogP contribution in [0.2, 0.25) is 0 Å². The van der Waals surface area contributed by atoms with Crippen LogP contribution in [0.4, 0.5) is 0 Å². The van der Waals surface area contributed by atoms with Gasteiger partial charge in [-0.2, -0.15) is 0 Å². The number of ether oxygens (including phenoxy) is 2. The molecule has 0 bridgehead atoms. The highest BCUT2D eigenvalue weighted by atomic mass is 16.6. The Morgan fingerprint density at radius 3 is 2.82 bits per heavy atom. The van der Waals surface area contributed by atoms with E-state index in [2.05, 4.69) is 5.32 Å². The minimum Gasteiger partial charge on any atom is -0.482 e. The number of nitrogens with one attached hydrogen (secondary N) is 1. The van der Waals surface area contributed by atoms with Crippen LogP contribution in [0.1, 0.15) is 0 Å². The quantitative estimate of drug-likeness (QED) is 0.551. The molecular weight excluding hydrogens is 146 g/mol. The van der Waals surface area contributed by atoms with Crippen molar-refractivity contribution in [3.8, 4) is 0 Å². The highest BCUT2D eigenvalue weighted by Gasteiger charge is 2.25. The Morgan fingerprint density at radius 1 is 1.55 bits per heavy atom. The summed E-state index contributed by atoms with van der Waals surface area (Å²) < 4.78 is 9.59. The van der Waals surface area contributed by atoms with Crippen LogP contribution in [0, 0.1) is 0 Å². The first-order valence-electron chi connectivity index (χ1n) is 3.19. The van der Waals surface area contributed by atoms with E-state index in [0.29, 0.717) is 5.88 Å². The molecule has 0 spiro atoms. The van der Waals surface area contributed by atoms with Gasteiger partial charge in [0, 0.05) is 7.11 Å². The molecule has 1 aliphatic heterocycles. The minimum atomic E-state index is -1.43. The van der Waals surface area contributed by atoms with Crippen molar-refractivity contribution in [2.24, 2.45) is 0 Å². The van der Waals surface area contributed by atoms with Gasteiger partial charge in [-0.1, -0.05) is 6.08 Å². The molecule has 0 aliphatic carbocycles. The molecule has 4 heteroatoms. The number of allylic oxidation sites excluding steroid dienone is 2. The van der Waals surface area contributed by atoms with Crippen molar-refractivity contribution < 1.29 is 14.6 Å². The lowest BCUT2D eigenvalue weighted by Crippen LogP contribution is -2.46. The van der Waals surface area contributed by atoms with Crippen molar-refractivity contribution in [3.05, 3.63) is 24.1 Å². The van der Waals surface area contributed by atoms with Crippen LogP contribution in [0.5, 0.6) is 0 Å². The van der Waals surface area contributed by atoms with E-state index in [1.54, 1.807) is 12.2 Å². The molecule has 0 saturated heterocycles. The molecule has 0 saturated carbocycles. The lowest BCUT2D eigenvalue weighted by Gasteiger charge is -2.27. The SMILES string of the molecule is COC1=CC=CC(O)(OC)N1. The normalized spacial score (nSPS) is 29.2. The fraction of sp³-hybridized carbons (Fsp3) is 0.429. The van der Waals surface area contributed by atoms with Crippen molar-refractivity contribution in [3.63, 3.8) is 0 Å². The van der Waals surface area contributed by atoms with E-state index in [1.165, 1.54) is 20.3 Å². The number of dihydropyridines is 1. The van der Waals surface area contributed by atoms with Crippen molar-refractivity contribution in [2.75, 3.05) is 14.2 Å². The molecule has 1 heterocycles. The summed E-state index contributed by atoms with van der Waals surface area (Å²) in [5, 5.41) is 12.1. The predicted molar refractivity (Wildman–Crippen MR) is 39.3 cm³/mol. The fourth-order valence-electron chi connectivity index (χ4n) is 0.764. The molecule has 11 heavy (non-hydrogen) atoms. The van der Waals surface area contributed by atoms with Crippen LogP contribution >= 0.6 is 0 Å². The van der Waals surface area contributed by atoms with E-state index in [9.17, 15) is 5.11 Å². The summed E-state index contributed by atoms with van der Waals surface area (Å²) >= 11 is 0. The van der Waals surface area contributed by atoms with Gasteiger partial charge >= 0.3 is 0 Å². The average molecular weight is 157 g/mol. The maximum atomic E-state index is 9.44. The molecule has 0 aromatic heterocycles. The molecule has 0 aromatic carbocycles. The third-order valence-corrected chi connectivity index (χ3v) is 1.40. The molecule has 4 nitrogen and oxygen atoms in total. The third kappa shape index (κ3) is 1.72. The highest BCUT2D eigenvalue weighted by molar-refractivity contribution is 5.16. The number of hydrogen-bond acceptors (Lipinski definition) is 4. The molecule has 1 aliphatic rings. The number of aliphatic hydroxyl groups is 1. The lowest BCUT2D eigenvalue weighted by molar-refractivity contribution is -0.170. The standard InChI is InChI=1S/C7H11NO3/c1-10-6-4-3-5-7(9,8-6)11-2/h3-5,8-9H,1-2H3. The van der Waals surface area contributed by atoms with Crippen LogP contribution in [0.15, 0.2) is 24.1 Å². The van der Waals surface area contributed by atoms with Crippen molar-refractivity contribution in [1.82, 2.24) is 5.32 Å². The average Bonchev–Trinajstić information content (AvgIpc) is 2.05. The zero-order chi connectivity index (χ0) is 8.32. The van der Waals surface area contributed by atoms with E-state index >= 15 is 0 Å². The summed E-state index contributed by atoms with van der Waals surface area (Å²) in [6.07, 6.45) is 4.82. The zero-order valence-corrected chi connectivity index (χ0v) is 6.50. The van der Waals surface area contributed by atoms with Crippen molar-refractivity contribution >= 4 is 0 Å². The number of hydrogen-bond donors (Lipinski definition) is 2. The van der Waals surface area contributed by atoms with Crippen LogP contribution < -0.4 is 5.32 Å². The number of methoxy groups -OCH3 is 2. The Labute approximate surface area is 65.1 Å². The summed E-state index contributed by atoms with van der Waals surface area (Å²) in [6.45, 7) is 0. The van der Waals surface area contributed by atoms with E-state index in [1.807, 2.05) is 0 Å². The van der Waals surface area contributed by atoms with Gasteiger partial charge in [0.1, 0.15) is 0 Å². The van der Waals surface area contributed by atoms with Crippen LogP contribution in [-0.2, 0) is 9.47 Å². The maximum absolute atomic E-state index is 9.44. The summed E-state index contributed by atoms with van der Waals surface area (Å²) in [4.78, 5) is 0. The Kier molecular flexibility index (Phi) is 2.16. The second kappa shape index (κ2) is 2.94.